The second-order valence-electron chi connectivity index (χ2n) is 9.74. The normalized spacial score (nSPS) is 37.3. The summed E-state index contributed by atoms with van der Waals surface area (Å²) in [6, 6.07) is 6.63. The third-order valence-electron chi connectivity index (χ3n) is 7.40. The molecule has 6 heteroatoms. The molecule has 5 fully saturated rings. The van der Waals surface area contributed by atoms with Gasteiger partial charge in [-0.15, -0.1) is 12.4 Å². The summed E-state index contributed by atoms with van der Waals surface area (Å²) in [6.45, 7) is 3.08. The van der Waals surface area contributed by atoms with Gasteiger partial charge in [0.05, 0.1) is 31.0 Å². The van der Waals surface area contributed by atoms with Gasteiger partial charge in [-0.1, -0.05) is 12.1 Å². The standard InChI is InChI=1S/C23H32FNO3.ClH/c24-20-3-1-2-19(9-20)22-14-25(4-5-27-22)13-21(26)15-28-23-10-16-6-17(11-23)8-18(7-16)12-23;/h1-3,9,16-18,21-22,26H,4-8,10-15H2;1H. The zero-order valence-electron chi connectivity index (χ0n) is 17.0. The van der Waals surface area contributed by atoms with E-state index in [9.17, 15) is 9.50 Å². The largest absolute Gasteiger partial charge is 0.389 e. The molecule has 1 aliphatic heterocycles. The number of benzene rings is 1. The molecule has 4 saturated carbocycles. The van der Waals surface area contributed by atoms with Crippen LogP contribution in [0.25, 0.3) is 0 Å². The molecule has 4 bridgehead atoms. The predicted molar refractivity (Wildman–Crippen MR) is 112 cm³/mol. The smallest absolute Gasteiger partial charge is 0.123 e. The van der Waals surface area contributed by atoms with Gasteiger partial charge < -0.3 is 14.6 Å². The van der Waals surface area contributed by atoms with Crippen LogP contribution >= 0.6 is 12.4 Å². The van der Waals surface area contributed by atoms with Crippen molar-refractivity contribution in [1.29, 1.82) is 0 Å². The van der Waals surface area contributed by atoms with E-state index in [-0.39, 0.29) is 29.9 Å². The molecule has 1 N–H and O–H groups in total. The minimum Gasteiger partial charge on any atom is -0.389 e. The van der Waals surface area contributed by atoms with Gasteiger partial charge in [0.2, 0.25) is 0 Å². The minimum atomic E-state index is -0.487. The van der Waals surface area contributed by atoms with E-state index < -0.39 is 6.10 Å². The zero-order chi connectivity index (χ0) is 19.1. The van der Waals surface area contributed by atoms with Crippen molar-refractivity contribution in [2.45, 2.75) is 56.3 Å². The van der Waals surface area contributed by atoms with Crippen molar-refractivity contribution >= 4 is 12.4 Å². The van der Waals surface area contributed by atoms with Gasteiger partial charge in [0.1, 0.15) is 5.82 Å². The summed E-state index contributed by atoms with van der Waals surface area (Å²) in [7, 11) is 0. The predicted octanol–water partition coefficient (Wildman–Crippen LogP) is 3.97. The number of aliphatic hydroxyl groups excluding tert-OH is 1. The number of aliphatic hydroxyl groups is 1. The van der Waals surface area contributed by atoms with Crippen molar-refractivity contribution in [3.63, 3.8) is 0 Å². The van der Waals surface area contributed by atoms with Crippen LogP contribution in [0.1, 0.15) is 50.2 Å². The van der Waals surface area contributed by atoms with Crippen LogP contribution in [0, 0.1) is 23.6 Å². The van der Waals surface area contributed by atoms with E-state index in [0.717, 1.165) is 29.9 Å². The van der Waals surface area contributed by atoms with E-state index in [4.69, 9.17) is 9.47 Å². The maximum Gasteiger partial charge on any atom is 0.123 e. The molecule has 1 saturated heterocycles. The van der Waals surface area contributed by atoms with Crippen LogP contribution in [-0.4, -0.2) is 54.6 Å². The number of rotatable bonds is 6. The molecule has 2 unspecified atom stereocenters. The van der Waals surface area contributed by atoms with Crippen molar-refractivity contribution in [3.05, 3.63) is 35.6 Å². The molecule has 1 heterocycles. The Labute approximate surface area is 179 Å². The topological polar surface area (TPSA) is 41.9 Å². The summed E-state index contributed by atoms with van der Waals surface area (Å²) in [5, 5.41) is 10.6. The van der Waals surface area contributed by atoms with Gasteiger partial charge in [0.25, 0.3) is 0 Å². The number of hydrogen-bond donors (Lipinski definition) is 1. The van der Waals surface area contributed by atoms with Crippen LogP contribution < -0.4 is 0 Å². The fraction of sp³-hybridized carbons (Fsp3) is 0.739. The second kappa shape index (κ2) is 8.80. The number of β-amino-alcohol motifs (C(OH)–C–C–N with tert-alkyl or cyclic N) is 1. The molecule has 6 rings (SSSR count). The number of ether oxygens (including phenoxy) is 2. The summed E-state index contributed by atoms with van der Waals surface area (Å²) >= 11 is 0. The average Bonchev–Trinajstić information content (AvgIpc) is 2.66. The molecule has 2 atom stereocenters. The van der Waals surface area contributed by atoms with E-state index in [0.29, 0.717) is 26.3 Å². The Bertz CT molecular complexity index is 667. The fourth-order valence-electron chi connectivity index (χ4n) is 6.61. The molecular weight excluding hydrogens is 393 g/mol. The van der Waals surface area contributed by atoms with Crippen molar-refractivity contribution in [2.75, 3.05) is 32.8 Å². The fourth-order valence-corrected chi connectivity index (χ4v) is 6.61. The molecule has 0 spiro atoms. The van der Waals surface area contributed by atoms with Gasteiger partial charge in [0, 0.05) is 19.6 Å². The first-order valence-electron chi connectivity index (χ1n) is 11.0. The minimum absolute atomic E-state index is 0. The Morgan fingerprint density at radius 3 is 2.52 bits per heavy atom. The lowest BCUT2D eigenvalue weighted by Crippen LogP contribution is -2.53. The third kappa shape index (κ3) is 4.80. The SMILES string of the molecule is Cl.OC(COC12CC3CC(CC(C3)C1)C2)CN1CCOC(c2cccc(F)c2)C1. The molecule has 162 valence electrons. The number of halogens is 2. The first-order chi connectivity index (χ1) is 13.6. The Kier molecular flexibility index (Phi) is 6.52. The Morgan fingerprint density at radius 1 is 1.17 bits per heavy atom. The monoisotopic (exact) mass is 425 g/mol. The van der Waals surface area contributed by atoms with E-state index in [1.54, 1.807) is 12.1 Å². The third-order valence-corrected chi connectivity index (χ3v) is 7.40. The Hall–Kier alpha value is -0.720. The highest BCUT2D eigenvalue weighted by atomic mass is 35.5. The highest BCUT2D eigenvalue weighted by Gasteiger charge is 2.51. The lowest BCUT2D eigenvalue weighted by molar-refractivity contribution is -0.177. The lowest BCUT2D eigenvalue weighted by Gasteiger charge is -2.56. The summed E-state index contributed by atoms with van der Waals surface area (Å²) < 4.78 is 25.8. The van der Waals surface area contributed by atoms with Gasteiger partial charge in [-0.2, -0.15) is 0 Å². The second-order valence-corrected chi connectivity index (χ2v) is 9.74. The van der Waals surface area contributed by atoms with E-state index in [1.807, 2.05) is 6.07 Å². The van der Waals surface area contributed by atoms with Gasteiger partial charge in [-0.05, 0) is 74.0 Å². The summed E-state index contributed by atoms with van der Waals surface area (Å²) in [5.74, 6) is 2.33. The first-order valence-corrected chi connectivity index (χ1v) is 11.0. The quantitative estimate of drug-likeness (QED) is 0.748. The summed E-state index contributed by atoms with van der Waals surface area (Å²) in [6.07, 6.45) is 7.18. The molecule has 29 heavy (non-hydrogen) atoms. The molecular formula is C23H33ClFNO3. The molecule has 4 nitrogen and oxygen atoms in total. The molecule has 5 aliphatic rings. The van der Waals surface area contributed by atoms with Crippen molar-refractivity contribution < 1.29 is 19.0 Å². The van der Waals surface area contributed by atoms with Crippen LogP contribution in [0.3, 0.4) is 0 Å². The average molecular weight is 426 g/mol. The molecule has 0 radical (unpaired) electrons. The molecule has 1 aromatic carbocycles. The molecule has 4 aliphatic carbocycles. The van der Waals surface area contributed by atoms with Gasteiger partial charge in [-0.25, -0.2) is 4.39 Å². The molecule has 1 aromatic rings. The Balaban J connectivity index is 0.00000205. The van der Waals surface area contributed by atoms with Crippen molar-refractivity contribution in [2.24, 2.45) is 17.8 Å². The maximum absolute atomic E-state index is 13.5. The van der Waals surface area contributed by atoms with Crippen LogP contribution in [0.15, 0.2) is 24.3 Å². The number of morpholine rings is 1. The van der Waals surface area contributed by atoms with Crippen LogP contribution in [0.5, 0.6) is 0 Å². The van der Waals surface area contributed by atoms with Crippen LogP contribution in [0.4, 0.5) is 4.39 Å². The molecule has 0 amide bonds. The Morgan fingerprint density at radius 2 is 1.86 bits per heavy atom. The zero-order valence-corrected chi connectivity index (χ0v) is 17.8. The highest BCUT2D eigenvalue weighted by molar-refractivity contribution is 5.85. The van der Waals surface area contributed by atoms with E-state index in [2.05, 4.69) is 4.90 Å². The first kappa shape index (κ1) is 21.5. The van der Waals surface area contributed by atoms with Crippen LogP contribution in [-0.2, 0) is 9.47 Å². The van der Waals surface area contributed by atoms with Crippen molar-refractivity contribution in [3.8, 4) is 0 Å². The highest BCUT2D eigenvalue weighted by Crippen LogP contribution is 2.57. The van der Waals surface area contributed by atoms with Gasteiger partial charge in [-0.3, -0.25) is 4.90 Å². The van der Waals surface area contributed by atoms with E-state index in [1.165, 1.54) is 44.6 Å². The number of nitrogens with zero attached hydrogens (tertiary/aromatic N) is 1. The van der Waals surface area contributed by atoms with Gasteiger partial charge in [0.15, 0.2) is 0 Å². The summed E-state index contributed by atoms with van der Waals surface area (Å²) in [5.41, 5.74) is 0.911. The maximum atomic E-state index is 13.5. The number of hydrogen-bond acceptors (Lipinski definition) is 4. The lowest BCUT2D eigenvalue weighted by atomic mass is 9.54. The molecule has 0 aromatic heterocycles. The van der Waals surface area contributed by atoms with E-state index >= 15 is 0 Å². The van der Waals surface area contributed by atoms with Crippen LogP contribution in [0.2, 0.25) is 0 Å². The van der Waals surface area contributed by atoms with Gasteiger partial charge >= 0.3 is 0 Å². The summed E-state index contributed by atoms with van der Waals surface area (Å²) in [4.78, 5) is 2.22. The van der Waals surface area contributed by atoms with Crippen molar-refractivity contribution in [1.82, 2.24) is 4.90 Å².